The fourth-order valence-electron chi connectivity index (χ4n) is 1.96. The monoisotopic (exact) mass is 368 g/mol. The third-order valence-corrected chi connectivity index (χ3v) is 5.00. The lowest BCUT2D eigenvalue weighted by atomic mass is 10.1. The molecule has 0 aliphatic rings. The topological polar surface area (TPSA) is 43.4 Å². The highest BCUT2D eigenvalue weighted by Crippen LogP contribution is 2.18. The molecule has 2 aromatic rings. The van der Waals surface area contributed by atoms with Crippen molar-refractivity contribution < 1.29 is 12.6 Å². The van der Waals surface area contributed by atoms with Crippen LogP contribution in [0.4, 0.5) is 0 Å². The summed E-state index contributed by atoms with van der Waals surface area (Å²) in [6.45, 7) is 3.67. The molecular weight excluding hydrogens is 352 g/mol. The van der Waals surface area contributed by atoms with E-state index in [1.54, 1.807) is 31.2 Å². The van der Waals surface area contributed by atoms with Gasteiger partial charge in [0.2, 0.25) is 0 Å². The van der Waals surface area contributed by atoms with E-state index in [0.717, 1.165) is 15.6 Å². The zero-order chi connectivity index (χ0) is 15.5. The van der Waals surface area contributed by atoms with E-state index in [-0.39, 0.29) is 4.90 Å². The Hall–Kier alpha value is -1.17. The molecular formula is C16H17BrO3S. The number of halogens is 1. The van der Waals surface area contributed by atoms with Crippen LogP contribution in [0.1, 0.15) is 18.1 Å². The first-order valence-electron chi connectivity index (χ1n) is 6.61. The molecule has 21 heavy (non-hydrogen) atoms. The molecule has 0 radical (unpaired) electrons. The average molecular weight is 369 g/mol. The Bertz CT molecular complexity index is 691. The van der Waals surface area contributed by atoms with Gasteiger partial charge in [0.1, 0.15) is 0 Å². The van der Waals surface area contributed by atoms with Crippen LogP contribution in [-0.2, 0) is 20.7 Å². The van der Waals surface area contributed by atoms with Crippen molar-refractivity contribution in [3.8, 4) is 0 Å². The summed E-state index contributed by atoms with van der Waals surface area (Å²) in [6.07, 6.45) is 0.121. The largest absolute Gasteiger partial charge is 0.297 e. The van der Waals surface area contributed by atoms with Crippen LogP contribution in [0.5, 0.6) is 0 Å². The zero-order valence-corrected chi connectivity index (χ0v) is 14.3. The van der Waals surface area contributed by atoms with Crippen LogP contribution >= 0.6 is 15.9 Å². The molecule has 0 aliphatic heterocycles. The van der Waals surface area contributed by atoms with Gasteiger partial charge in [-0.05, 0) is 50.1 Å². The predicted octanol–water partition coefficient (Wildman–Crippen LogP) is 4.09. The molecule has 0 amide bonds. The van der Waals surface area contributed by atoms with Crippen LogP contribution in [0.25, 0.3) is 0 Å². The van der Waals surface area contributed by atoms with E-state index < -0.39 is 16.2 Å². The normalized spacial score (nSPS) is 13.1. The van der Waals surface area contributed by atoms with Gasteiger partial charge in [0.15, 0.2) is 0 Å². The third kappa shape index (κ3) is 4.66. The molecule has 0 bridgehead atoms. The van der Waals surface area contributed by atoms with Crippen molar-refractivity contribution in [1.29, 1.82) is 0 Å². The van der Waals surface area contributed by atoms with E-state index >= 15 is 0 Å². The quantitative estimate of drug-likeness (QED) is 0.746. The van der Waals surface area contributed by atoms with Crippen LogP contribution in [0.15, 0.2) is 57.9 Å². The highest BCUT2D eigenvalue weighted by Gasteiger charge is 2.19. The summed E-state index contributed by atoms with van der Waals surface area (Å²) in [4.78, 5) is 0.191. The number of hydrogen-bond donors (Lipinski definition) is 0. The standard InChI is InChI=1S/C16H17BrO3S/c1-12-3-9-16(10-4-12)21(18,19)20-13(2)11-14-5-7-15(17)8-6-14/h3-10,13H,11H2,1-2H3/t13-/m0/s1. The molecule has 0 aromatic heterocycles. The number of benzene rings is 2. The van der Waals surface area contributed by atoms with Crippen molar-refractivity contribution in [2.45, 2.75) is 31.3 Å². The van der Waals surface area contributed by atoms with E-state index in [1.165, 1.54) is 0 Å². The van der Waals surface area contributed by atoms with E-state index in [2.05, 4.69) is 15.9 Å². The van der Waals surface area contributed by atoms with Gasteiger partial charge in [0, 0.05) is 4.47 Å². The maximum absolute atomic E-state index is 12.2. The maximum atomic E-state index is 12.2. The van der Waals surface area contributed by atoms with E-state index in [9.17, 15) is 8.42 Å². The third-order valence-electron chi connectivity index (χ3n) is 3.04. The highest BCUT2D eigenvalue weighted by molar-refractivity contribution is 9.10. The first-order chi connectivity index (χ1) is 9.87. The number of hydrogen-bond acceptors (Lipinski definition) is 3. The first kappa shape index (κ1) is 16.2. The lowest BCUT2D eigenvalue weighted by Gasteiger charge is -2.13. The summed E-state index contributed by atoms with van der Waals surface area (Å²) in [5.74, 6) is 0. The second-order valence-corrected chi connectivity index (χ2v) is 7.49. The Labute approximate surface area is 134 Å². The van der Waals surface area contributed by atoms with Gasteiger partial charge in [0.05, 0.1) is 11.0 Å². The molecule has 5 heteroatoms. The SMILES string of the molecule is Cc1ccc(S(=O)(=O)O[C@@H](C)Cc2ccc(Br)cc2)cc1. The van der Waals surface area contributed by atoms with Crippen LogP contribution in [0.2, 0.25) is 0 Å². The van der Waals surface area contributed by atoms with Crippen molar-refractivity contribution >= 4 is 26.0 Å². The summed E-state index contributed by atoms with van der Waals surface area (Å²) in [6, 6.07) is 14.4. The molecule has 0 unspecified atom stereocenters. The molecule has 0 saturated heterocycles. The van der Waals surface area contributed by atoms with Crippen molar-refractivity contribution in [3.63, 3.8) is 0 Å². The number of rotatable bonds is 5. The Morgan fingerprint density at radius 1 is 1.05 bits per heavy atom. The van der Waals surface area contributed by atoms with Gasteiger partial charge >= 0.3 is 0 Å². The van der Waals surface area contributed by atoms with E-state index in [4.69, 9.17) is 4.18 Å². The van der Waals surface area contributed by atoms with Crippen molar-refractivity contribution in [2.24, 2.45) is 0 Å². The van der Waals surface area contributed by atoms with Crippen molar-refractivity contribution in [3.05, 3.63) is 64.1 Å². The molecule has 0 saturated carbocycles. The molecule has 0 spiro atoms. The molecule has 2 rings (SSSR count). The van der Waals surface area contributed by atoms with Gasteiger partial charge in [-0.15, -0.1) is 0 Å². The molecule has 3 nitrogen and oxygen atoms in total. The van der Waals surface area contributed by atoms with Gasteiger partial charge in [0.25, 0.3) is 10.1 Å². The van der Waals surface area contributed by atoms with Gasteiger partial charge in [-0.1, -0.05) is 45.8 Å². The van der Waals surface area contributed by atoms with Crippen molar-refractivity contribution in [2.75, 3.05) is 0 Å². The van der Waals surface area contributed by atoms with Gasteiger partial charge < -0.3 is 0 Å². The predicted molar refractivity (Wildman–Crippen MR) is 86.8 cm³/mol. The summed E-state index contributed by atoms with van der Waals surface area (Å²) < 4.78 is 30.6. The molecule has 0 heterocycles. The Morgan fingerprint density at radius 3 is 2.19 bits per heavy atom. The lowest BCUT2D eigenvalue weighted by molar-refractivity contribution is 0.229. The molecule has 0 aliphatic carbocycles. The molecule has 0 fully saturated rings. The summed E-state index contributed by atoms with van der Waals surface area (Å²) >= 11 is 3.37. The van der Waals surface area contributed by atoms with E-state index in [0.29, 0.717) is 6.42 Å². The van der Waals surface area contributed by atoms with Crippen molar-refractivity contribution in [1.82, 2.24) is 0 Å². The minimum atomic E-state index is -3.71. The molecule has 1 atom stereocenters. The fraction of sp³-hybridized carbons (Fsp3) is 0.250. The van der Waals surface area contributed by atoms with Gasteiger partial charge in [-0.3, -0.25) is 4.18 Å². The Morgan fingerprint density at radius 2 is 1.62 bits per heavy atom. The van der Waals surface area contributed by atoms with Gasteiger partial charge in [-0.2, -0.15) is 8.42 Å². The van der Waals surface area contributed by atoms with E-state index in [1.807, 2.05) is 31.2 Å². The number of aryl methyl sites for hydroxylation is 1. The summed E-state index contributed by atoms with van der Waals surface area (Å²) in [5, 5.41) is 0. The average Bonchev–Trinajstić information content (AvgIpc) is 2.41. The molecule has 2 aromatic carbocycles. The Kier molecular flexibility index (Phi) is 5.19. The maximum Gasteiger partial charge on any atom is 0.297 e. The van der Waals surface area contributed by atoms with Crippen LogP contribution in [0, 0.1) is 6.92 Å². The highest BCUT2D eigenvalue weighted by atomic mass is 79.9. The second kappa shape index (κ2) is 6.73. The van der Waals surface area contributed by atoms with Gasteiger partial charge in [-0.25, -0.2) is 0 Å². The lowest BCUT2D eigenvalue weighted by Crippen LogP contribution is -2.17. The molecule has 0 N–H and O–H groups in total. The second-order valence-electron chi connectivity index (χ2n) is 5.00. The van der Waals surface area contributed by atoms with Crippen LogP contribution in [0.3, 0.4) is 0 Å². The minimum Gasteiger partial charge on any atom is -0.263 e. The Balaban J connectivity index is 2.05. The van der Waals surface area contributed by atoms with Crippen LogP contribution in [-0.4, -0.2) is 14.5 Å². The first-order valence-corrected chi connectivity index (χ1v) is 8.81. The van der Waals surface area contributed by atoms with Crippen LogP contribution < -0.4 is 0 Å². The zero-order valence-electron chi connectivity index (χ0n) is 11.9. The summed E-state index contributed by atoms with van der Waals surface area (Å²) in [5.41, 5.74) is 2.04. The minimum absolute atomic E-state index is 0.191. The molecule has 112 valence electrons. The summed E-state index contributed by atoms with van der Waals surface area (Å²) in [7, 11) is -3.71. The smallest absolute Gasteiger partial charge is 0.263 e. The fourth-order valence-corrected chi connectivity index (χ4v) is 3.31.